The highest BCUT2D eigenvalue weighted by molar-refractivity contribution is 5.19. The van der Waals surface area contributed by atoms with Crippen molar-refractivity contribution in [2.24, 2.45) is 0 Å². The first-order valence-electron chi connectivity index (χ1n) is 5.56. The Morgan fingerprint density at radius 3 is 2.20 bits per heavy atom. The molecule has 1 atom stereocenters. The van der Waals surface area contributed by atoms with Gasteiger partial charge in [0.15, 0.2) is 0 Å². The lowest BCUT2D eigenvalue weighted by Crippen LogP contribution is -2.34. The standard InChI is InChI=1S/C13H22N2/c1-11(2)14-10-13(15(3)4)12-8-6-5-7-9-12/h5-9,11,13-14H,10H2,1-4H3. The maximum atomic E-state index is 3.48. The Bertz CT molecular complexity index is 267. The second-order valence-electron chi connectivity index (χ2n) is 4.45. The van der Waals surface area contributed by atoms with Gasteiger partial charge in [0, 0.05) is 18.6 Å². The summed E-state index contributed by atoms with van der Waals surface area (Å²) in [7, 11) is 4.25. The summed E-state index contributed by atoms with van der Waals surface area (Å²) in [6.45, 7) is 5.35. The van der Waals surface area contributed by atoms with Crippen molar-refractivity contribution in [3.05, 3.63) is 35.9 Å². The molecule has 0 heterocycles. The van der Waals surface area contributed by atoms with Gasteiger partial charge in [0.25, 0.3) is 0 Å². The van der Waals surface area contributed by atoms with Crippen LogP contribution in [0.1, 0.15) is 25.5 Å². The van der Waals surface area contributed by atoms with Gasteiger partial charge in [-0.3, -0.25) is 0 Å². The molecule has 1 rings (SSSR count). The molecule has 2 heteroatoms. The van der Waals surface area contributed by atoms with E-state index >= 15 is 0 Å². The monoisotopic (exact) mass is 206 g/mol. The van der Waals surface area contributed by atoms with Gasteiger partial charge in [-0.15, -0.1) is 0 Å². The minimum absolute atomic E-state index is 0.452. The van der Waals surface area contributed by atoms with E-state index in [1.807, 2.05) is 0 Å². The zero-order chi connectivity index (χ0) is 11.3. The van der Waals surface area contributed by atoms with E-state index in [-0.39, 0.29) is 0 Å². The van der Waals surface area contributed by atoms with Crippen molar-refractivity contribution in [1.82, 2.24) is 10.2 Å². The zero-order valence-electron chi connectivity index (χ0n) is 10.2. The summed E-state index contributed by atoms with van der Waals surface area (Å²) >= 11 is 0. The molecular formula is C13H22N2. The fourth-order valence-corrected chi connectivity index (χ4v) is 1.62. The molecule has 0 amide bonds. The summed E-state index contributed by atoms with van der Waals surface area (Å²) in [5, 5.41) is 3.48. The molecular weight excluding hydrogens is 184 g/mol. The van der Waals surface area contributed by atoms with E-state index in [1.165, 1.54) is 5.56 Å². The molecule has 84 valence electrons. The van der Waals surface area contributed by atoms with Gasteiger partial charge in [-0.1, -0.05) is 44.2 Å². The van der Waals surface area contributed by atoms with Gasteiger partial charge >= 0.3 is 0 Å². The molecule has 0 aliphatic heterocycles. The summed E-state index contributed by atoms with van der Waals surface area (Å²) in [6, 6.07) is 11.6. The Balaban J connectivity index is 2.66. The molecule has 0 saturated carbocycles. The fraction of sp³-hybridized carbons (Fsp3) is 0.538. The maximum absolute atomic E-state index is 3.48. The van der Waals surface area contributed by atoms with E-state index in [2.05, 4.69) is 68.5 Å². The van der Waals surface area contributed by atoms with Crippen LogP contribution in [0, 0.1) is 0 Å². The first kappa shape index (κ1) is 12.2. The number of likely N-dealkylation sites (N-methyl/N-ethyl adjacent to an activating group) is 1. The summed E-state index contributed by atoms with van der Waals surface area (Å²) in [4.78, 5) is 2.25. The predicted molar refractivity (Wildman–Crippen MR) is 66.0 cm³/mol. The first-order valence-corrected chi connectivity index (χ1v) is 5.56. The van der Waals surface area contributed by atoms with E-state index < -0.39 is 0 Å². The Kier molecular flexibility index (Phi) is 4.79. The summed E-state index contributed by atoms with van der Waals surface area (Å²) < 4.78 is 0. The Hall–Kier alpha value is -0.860. The molecule has 0 aliphatic rings. The van der Waals surface area contributed by atoms with Gasteiger partial charge in [0.2, 0.25) is 0 Å². The highest BCUT2D eigenvalue weighted by Crippen LogP contribution is 2.16. The van der Waals surface area contributed by atoms with Gasteiger partial charge < -0.3 is 10.2 Å². The molecule has 1 aromatic rings. The molecule has 0 fully saturated rings. The minimum atomic E-state index is 0.452. The molecule has 1 aromatic carbocycles. The minimum Gasteiger partial charge on any atom is -0.313 e. The van der Waals surface area contributed by atoms with Gasteiger partial charge in [0.05, 0.1) is 0 Å². The molecule has 2 nitrogen and oxygen atoms in total. The molecule has 15 heavy (non-hydrogen) atoms. The summed E-state index contributed by atoms with van der Waals surface area (Å²) in [6.07, 6.45) is 0. The van der Waals surface area contributed by atoms with Gasteiger partial charge in [-0.25, -0.2) is 0 Å². The maximum Gasteiger partial charge on any atom is 0.0466 e. The molecule has 1 unspecified atom stereocenters. The van der Waals surface area contributed by atoms with Crippen molar-refractivity contribution < 1.29 is 0 Å². The normalized spacial score (nSPS) is 13.5. The van der Waals surface area contributed by atoms with E-state index in [4.69, 9.17) is 0 Å². The average Bonchev–Trinajstić information content (AvgIpc) is 2.18. The molecule has 1 N–H and O–H groups in total. The molecule has 0 spiro atoms. The number of rotatable bonds is 5. The van der Waals surface area contributed by atoms with Crippen molar-refractivity contribution in [3.63, 3.8) is 0 Å². The Morgan fingerprint density at radius 2 is 1.73 bits per heavy atom. The third kappa shape index (κ3) is 4.02. The number of hydrogen-bond donors (Lipinski definition) is 1. The van der Waals surface area contributed by atoms with Crippen LogP contribution in [-0.4, -0.2) is 31.6 Å². The summed E-state index contributed by atoms with van der Waals surface area (Å²) in [5.74, 6) is 0. The summed E-state index contributed by atoms with van der Waals surface area (Å²) in [5.41, 5.74) is 1.37. The third-order valence-corrected chi connectivity index (χ3v) is 2.53. The molecule has 0 saturated heterocycles. The van der Waals surface area contributed by atoms with Crippen molar-refractivity contribution >= 4 is 0 Å². The van der Waals surface area contributed by atoms with Crippen LogP contribution in [0.5, 0.6) is 0 Å². The predicted octanol–water partition coefficient (Wildman–Crippen LogP) is 2.29. The van der Waals surface area contributed by atoms with Gasteiger partial charge in [0.1, 0.15) is 0 Å². The van der Waals surface area contributed by atoms with E-state index in [0.29, 0.717) is 12.1 Å². The third-order valence-electron chi connectivity index (χ3n) is 2.53. The van der Waals surface area contributed by atoms with E-state index in [1.54, 1.807) is 0 Å². The molecule has 0 aromatic heterocycles. The van der Waals surface area contributed by atoms with Crippen LogP contribution in [0.25, 0.3) is 0 Å². The molecule has 0 bridgehead atoms. The number of nitrogens with one attached hydrogen (secondary N) is 1. The second-order valence-corrected chi connectivity index (χ2v) is 4.45. The van der Waals surface area contributed by atoms with Crippen molar-refractivity contribution in [2.75, 3.05) is 20.6 Å². The van der Waals surface area contributed by atoms with Crippen LogP contribution >= 0.6 is 0 Å². The van der Waals surface area contributed by atoms with Gasteiger partial charge in [-0.05, 0) is 19.7 Å². The van der Waals surface area contributed by atoms with Gasteiger partial charge in [-0.2, -0.15) is 0 Å². The zero-order valence-corrected chi connectivity index (χ0v) is 10.2. The SMILES string of the molecule is CC(C)NCC(c1ccccc1)N(C)C. The van der Waals surface area contributed by atoms with Crippen molar-refractivity contribution in [2.45, 2.75) is 25.9 Å². The molecule has 0 radical (unpaired) electrons. The van der Waals surface area contributed by atoms with Crippen LogP contribution in [-0.2, 0) is 0 Å². The first-order chi connectivity index (χ1) is 7.11. The lowest BCUT2D eigenvalue weighted by Gasteiger charge is -2.26. The largest absolute Gasteiger partial charge is 0.313 e. The van der Waals surface area contributed by atoms with Crippen LogP contribution in [0.3, 0.4) is 0 Å². The van der Waals surface area contributed by atoms with Crippen LogP contribution in [0.2, 0.25) is 0 Å². The highest BCUT2D eigenvalue weighted by Gasteiger charge is 2.13. The lowest BCUT2D eigenvalue weighted by atomic mass is 10.1. The number of nitrogens with zero attached hydrogens (tertiary/aromatic N) is 1. The van der Waals surface area contributed by atoms with Crippen LogP contribution in [0.15, 0.2) is 30.3 Å². The fourth-order valence-electron chi connectivity index (χ4n) is 1.62. The number of hydrogen-bond acceptors (Lipinski definition) is 2. The smallest absolute Gasteiger partial charge is 0.0466 e. The van der Waals surface area contributed by atoms with Crippen LogP contribution < -0.4 is 5.32 Å². The topological polar surface area (TPSA) is 15.3 Å². The quantitative estimate of drug-likeness (QED) is 0.795. The lowest BCUT2D eigenvalue weighted by molar-refractivity contribution is 0.283. The van der Waals surface area contributed by atoms with E-state index in [0.717, 1.165) is 6.54 Å². The highest BCUT2D eigenvalue weighted by atomic mass is 15.1. The second kappa shape index (κ2) is 5.89. The average molecular weight is 206 g/mol. The molecule has 0 aliphatic carbocycles. The number of benzene rings is 1. The Morgan fingerprint density at radius 1 is 1.13 bits per heavy atom. The van der Waals surface area contributed by atoms with Crippen molar-refractivity contribution in [3.8, 4) is 0 Å². The van der Waals surface area contributed by atoms with Crippen LogP contribution in [0.4, 0.5) is 0 Å². The van der Waals surface area contributed by atoms with Crippen molar-refractivity contribution in [1.29, 1.82) is 0 Å². The van der Waals surface area contributed by atoms with E-state index in [9.17, 15) is 0 Å². The Labute approximate surface area is 93.3 Å².